The highest BCUT2D eigenvalue weighted by molar-refractivity contribution is 5.96. The Labute approximate surface area is 160 Å². The van der Waals surface area contributed by atoms with E-state index in [0.717, 1.165) is 0 Å². The van der Waals surface area contributed by atoms with Crippen LogP contribution in [0.2, 0.25) is 0 Å². The van der Waals surface area contributed by atoms with E-state index in [4.69, 9.17) is 10.5 Å². The van der Waals surface area contributed by atoms with Gasteiger partial charge in [0.25, 0.3) is 0 Å². The molecule has 3 rings (SSSR count). The predicted molar refractivity (Wildman–Crippen MR) is 105 cm³/mol. The fourth-order valence-corrected chi connectivity index (χ4v) is 2.41. The van der Waals surface area contributed by atoms with Gasteiger partial charge in [-0.2, -0.15) is 4.98 Å². The summed E-state index contributed by atoms with van der Waals surface area (Å²) in [7, 11) is 0. The highest BCUT2D eigenvalue weighted by Crippen LogP contribution is 2.28. The first-order valence-corrected chi connectivity index (χ1v) is 8.43. The summed E-state index contributed by atoms with van der Waals surface area (Å²) in [5, 5.41) is 25.1. The van der Waals surface area contributed by atoms with Gasteiger partial charge in [0.2, 0.25) is 5.95 Å². The topological polar surface area (TPSA) is 143 Å². The number of esters is 1. The lowest BCUT2D eigenvalue weighted by molar-refractivity contribution is 0.0521. The third-order valence-corrected chi connectivity index (χ3v) is 3.63. The molecule has 1 heterocycles. The van der Waals surface area contributed by atoms with Gasteiger partial charge in [-0.15, -0.1) is 0 Å². The first-order chi connectivity index (χ1) is 13.5. The summed E-state index contributed by atoms with van der Waals surface area (Å²) < 4.78 is 5.01. The van der Waals surface area contributed by atoms with E-state index in [2.05, 4.69) is 20.6 Å². The number of nitrogens with two attached hydrogens (primary N) is 1. The first kappa shape index (κ1) is 18.8. The molecule has 6 N–H and O–H groups in total. The van der Waals surface area contributed by atoms with Gasteiger partial charge in [0.15, 0.2) is 11.5 Å². The number of phenols is 2. The van der Waals surface area contributed by atoms with Crippen LogP contribution in [-0.2, 0) is 4.74 Å². The molecule has 28 heavy (non-hydrogen) atoms. The number of nitrogens with zero attached hydrogens (tertiary/aromatic N) is 2. The highest BCUT2D eigenvalue weighted by atomic mass is 16.5. The number of carbonyl (C=O) groups excluding carboxylic acids is 1. The fraction of sp³-hybridized carbons (Fsp3) is 0.105. The van der Waals surface area contributed by atoms with Gasteiger partial charge in [0.1, 0.15) is 17.2 Å². The Morgan fingerprint density at radius 1 is 1.04 bits per heavy atom. The number of nitrogens with one attached hydrogen (secondary N) is 2. The summed E-state index contributed by atoms with van der Waals surface area (Å²) in [4.78, 5) is 20.7. The van der Waals surface area contributed by atoms with Crippen LogP contribution in [0.3, 0.4) is 0 Å². The van der Waals surface area contributed by atoms with Crippen LogP contribution in [0.15, 0.2) is 48.5 Å². The summed E-state index contributed by atoms with van der Waals surface area (Å²) >= 11 is 0. The van der Waals surface area contributed by atoms with Crippen molar-refractivity contribution in [3.63, 3.8) is 0 Å². The second-order valence-corrected chi connectivity index (χ2v) is 5.73. The predicted octanol–water partition coefficient (Wildman–Crippen LogP) is 3.13. The number of hydrogen-bond donors (Lipinski definition) is 5. The van der Waals surface area contributed by atoms with Crippen molar-refractivity contribution >= 4 is 34.8 Å². The SMILES string of the molecule is CCOC(=O)c1nc(Nc2cccc(O)c2)nc(Nc2cccc(O)c2)c1N. The van der Waals surface area contributed by atoms with E-state index in [0.29, 0.717) is 11.4 Å². The number of aromatic hydroxyl groups is 2. The van der Waals surface area contributed by atoms with Crippen molar-refractivity contribution in [2.45, 2.75) is 6.92 Å². The number of rotatable bonds is 6. The van der Waals surface area contributed by atoms with E-state index in [-0.39, 0.29) is 41.3 Å². The van der Waals surface area contributed by atoms with Crippen molar-refractivity contribution in [3.8, 4) is 11.5 Å². The van der Waals surface area contributed by atoms with Crippen LogP contribution < -0.4 is 16.4 Å². The third kappa shape index (κ3) is 4.39. The zero-order chi connectivity index (χ0) is 20.1. The summed E-state index contributed by atoms with van der Waals surface area (Å²) in [6.07, 6.45) is 0. The van der Waals surface area contributed by atoms with Crippen LogP contribution in [0.4, 0.5) is 28.8 Å². The molecule has 3 aromatic rings. The van der Waals surface area contributed by atoms with E-state index >= 15 is 0 Å². The summed E-state index contributed by atoms with van der Waals surface area (Å²) in [5.41, 5.74) is 7.00. The Morgan fingerprint density at radius 2 is 1.64 bits per heavy atom. The number of phenolic OH excluding ortho intramolecular Hbond substituents is 2. The monoisotopic (exact) mass is 381 g/mol. The zero-order valence-electron chi connectivity index (χ0n) is 15.0. The lowest BCUT2D eigenvalue weighted by Crippen LogP contribution is -2.15. The molecule has 9 nitrogen and oxygen atoms in total. The van der Waals surface area contributed by atoms with Gasteiger partial charge in [-0.1, -0.05) is 12.1 Å². The van der Waals surface area contributed by atoms with Gasteiger partial charge in [0.05, 0.1) is 6.61 Å². The molecular weight excluding hydrogens is 362 g/mol. The molecule has 0 saturated heterocycles. The number of carbonyl (C=O) groups is 1. The molecule has 0 fully saturated rings. The molecule has 0 bridgehead atoms. The third-order valence-electron chi connectivity index (χ3n) is 3.63. The summed E-state index contributed by atoms with van der Waals surface area (Å²) in [6, 6.07) is 12.7. The minimum atomic E-state index is -0.694. The smallest absolute Gasteiger partial charge is 0.359 e. The molecule has 0 aliphatic heterocycles. The van der Waals surface area contributed by atoms with Crippen molar-refractivity contribution in [1.82, 2.24) is 9.97 Å². The van der Waals surface area contributed by atoms with Gasteiger partial charge in [-0.05, 0) is 31.2 Å². The Bertz CT molecular complexity index is 1010. The number of benzene rings is 2. The first-order valence-electron chi connectivity index (χ1n) is 8.43. The second kappa shape index (κ2) is 8.12. The number of nitrogen functional groups attached to an aromatic ring is 1. The number of aromatic nitrogens is 2. The minimum Gasteiger partial charge on any atom is -0.508 e. The molecule has 144 valence electrons. The van der Waals surface area contributed by atoms with E-state index in [9.17, 15) is 15.0 Å². The van der Waals surface area contributed by atoms with Crippen molar-refractivity contribution in [1.29, 1.82) is 0 Å². The van der Waals surface area contributed by atoms with Crippen LogP contribution in [-0.4, -0.2) is 32.8 Å². The van der Waals surface area contributed by atoms with Gasteiger partial charge in [0, 0.05) is 23.5 Å². The largest absolute Gasteiger partial charge is 0.508 e. The summed E-state index contributed by atoms with van der Waals surface area (Å²) in [5.74, 6) is -0.345. The molecular formula is C19H19N5O4. The molecule has 0 amide bonds. The molecule has 0 aliphatic rings. The normalized spacial score (nSPS) is 10.3. The Morgan fingerprint density at radius 3 is 2.21 bits per heavy atom. The van der Waals surface area contributed by atoms with Gasteiger partial charge in [-0.25, -0.2) is 9.78 Å². The van der Waals surface area contributed by atoms with Crippen LogP contribution in [0.1, 0.15) is 17.4 Å². The van der Waals surface area contributed by atoms with E-state index in [1.165, 1.54) is 24.3 Å². The van der Waals surface area contributed by atoms with E-state index < -0.39 is 5.97 Å². The fourth-order valence-electron chi connectivity index (χ4n) is 2.41. The second-order valence-electron chi connectivity index (χ2n) is 5.73. The zero-order valence-corrected chi connectivity index (χ0v) is 15.0. The van der Waals surface area contributed by atoms with Crippen LogP contribution in [0.5, 0.6) is 11.5 Å². The maximum Gasteiger partial charge on any atom is 0.359 e. The standard InChI is InChI=1S/C19H19N5O4/c1-2-28-18(27)16-15(20)17(21-11-5-3-7-13(25)9-11)24-19(23-16)22-12-6-4-8-14(26)10-12/h3-10,25-26H,2,20H2,1H3,(H2,21,22,23,24). The van der Waals surface area contributed by atoms with Crippen molar-refractivity contribution in [2.75, 3.05) is 23.0 Å². The maximum absolute atomic E-state index is 12.3. The summed E-state index contributed by atoms with van der Waals surface area (Å²) in [6.45, 7) is 1.83. The Kier molecular flexibility index (Phi) is 5.45. The van der Waals surface area contributed by atoms with Crippen LogP contribution >= 0.6 is 0 Å². The maximum atomic E-state index is 12.3. The molecule has 0 saturated carbocycles. The number of hydrogen-bond acceptors (Lipinski definition) is 9. The van der Waals surface area contributed by atoms with Crippen LogP contribution in [0, 0.1) is 0 Å². The Hall–Kier alpha value is -4.01. The molecule has 0 spiro atoms. The van der Waals surface area contributed by atoms with Gasteiger partial charge < -0.3 is 31.3 Å². The average Bonchev–Trinajstić information content (AvgIpc) is 2.64. The molecule has 0 aliphatic carbocycles. The van der Waals surface area contributed by atoms with E-state index in [1.807, 2.05) is 0 Å². The molecule has 9 heteroatoms. The van der Waals surface area contributed by atoms with Crippen molar-refractivity contribution < 1.29 is 19.7 Å². The molecule has 1 aromatic heterocycles. The quantitative estimate of drug-likeness (QED) is 0.407. The molecule has 2 aromatic carbocycles. The lowest BCUT2D eigenvalue weighted by atomic mass is 10.2. The van der Waals surface area contributed by atoms with Crippen molar-refractivity contribution in [2.24, 2.45) is 0 Å². The molecule has 0 atom stereocenters. The van der Waals surface area contributed by atoms with Crippen LogP contribution in [0.25, 0.3) is 0 Å². The van der Waals surface area contributed by atoms with Crippen molar-refractivity contribution in [3.05, 3.63) is 54.2 Å². The van der Waals surface area contributed by atoms with Gasteiger partial charge >= 0.3 is 5.97 Å². The number of ether oxygens (including phenoxy) is 1. The van der Waals surface area contributed by atoms with Gasteiger partial charge in [-0.3, -0.25) is 0 Å². The number of anilines is 5. The average molecular weight is 381 g/mol. The Balaban J connectivity index is 2.01. The minimum absolute atomic E-state index is 0.00301. The molecule has 0 unspecified atom stereocenters. The van der Waals surface area contributed by atoms with E-state index in [1.54, 1.807) is 31.2 Å². The molecule has 0 radical (unpaired) electrons. The highest BCUT2D eigenvalue weighted by Gasteiger charge is 2.20. The lowest BCUT2D eigenvalue weighted by Gasteiger charge is -2.14.